The Labute approximate surface area is 157 Å². The summed E-state index contributed by atoms with van der Waals surface area (Å²) in [7, 11) is 0. The Morgan fingerprint density at radius 2 is 1.96 bits per heavy atom. The second-order valence-electron chi connectivity index (χ2n) is 6.47. The number of H-pyrrole nitrogens is 1. The molecule has 1 aliphatic rings. The number of carbonyl (C=O) groups is 2. The maximum absolute atomic E-state index is 12.5. The van der Waals surface area contributed by atoms with Gasteiger partial charge in [-0.25, -0.2) is 5.48 Å². The van der Waals surface area contributed by atoms with Crippen LogP contribution in [0.1, 0.15) is 11.3 Å². The molecule has 0 spiro atoms. The van der Waals surface area contributed by atoms with Gasteiger partial charge in [-0.2, -0.15) is 5.10 Å². The van der Waals surface area contributed by atoms with E-state index in [1.165, 1.54) is 6.08 Å². The zero-order valence-corrected chi connectivity index (χ0v) is 15.3. The van der Waals surface area contributed by atoms with Crippen molar-refractivity contribution in [2.45, 2.75) is 13.5 Å². The summed E-state index contributed by atoms with van der Waals surface area (Å²) in [6.45, 7) is 5.00. The fraction of sp³-hybridized carbons (Fsp3) is 0.316. The average Bonchev–Trinajstić information content (AvgIpc) is 3.11. The van der Waals surface area contributed by atoms with Crippen LogP contribution in [0.2, 0.25) is 0 Å². The van der Waals surface area contributed by atoms with Gasteiger partial charge < -0.3 is 9.80 Å². The van der Waals surface area contributed by atoms with Gasteiger partial charge in [-0.3, -0.25) is 14.8 Å². The highest BCUT2D eigenvalue weighted by Crippen LogP contribution is 2.23. The molecule has 3 N–H and O–H groups in total. The quantitative estimate of drug-likeness (QED) is 0.309. The van der Waals surface area contributed by atoms with Crippen LogP contribution < -0.4 is 15.1 Å². The highest BCUT2D eigenvalue weighted by atomic mass is 16.5. The molecule has 1 saturated heterocycles. The van der Waals surface area contributed by atoms with Gasteiger partial charge in [0, 0.05) is 44.0 Å². The highest BCUT2D eigenvalue weighted by Gasteiger charge is 2.24. The van der Waals surface area contributed by atoms with Crippen LogP contribution in [0, 0.1) is 6.92 Å². The number of rotatable bonds is 5. The number of nitrogens with zero attached hydrogens (tertiary/aromatic N) is 3. The summed E-state index contributed by atoms with van der Waals surface area (Å²) < 4.78 is 1.79. The van der Waals surface area contributed by atoms with Gasteiger partial charge in [0.05, 0.1) is 5.69 Å². The molecule has 0 radical (unpaired) electrons. The fourth-order valence-electron chi connectivity index (χ4n) is 3.16. The summed E-state index contributed by atoms with van der Waals surface area (Å²) >= 11 is 0. The van der Waals surface area contributed by atoms with Crippen LogP contribution in [-0.2, 0) is 16.1 Å². The van der Waals surface area contributed by atoms with E-state index in [-0.39, 0.29) is 5.91 Å². The van der Waals surface area contributed by atoms with Gasteiger partial charge in [0.1, 0.15) is 0 Å². The van der Waals surface area contributed by atoms with Crippen molar-refractivity contribution in [1.82, 2.24) is 15.5 Å². The van der Waals surface area contributed by atoms with Gasteiger partial charge in [-0.15, -0.1) is 4.68 Å². The number of hydrogen-bond donors (Lipinski definition) is 3. The first-order valence-electron chi connectivity index (χ1n) is 8.86. The van der Waals surface area contributed by atoms with E-state index < -0.39 is 5.91 Å². The van der Waals surface area contributed by atoms with Crippen LogP contribution in [0.3, 0.4) is 0 Å². The van der Waals surface area contributed by atoms with Crippen LogP contribution in [0.25, 0.3) is 6.08 Å². The van der Waals surface area contributed by atoms with E-state index in [1.807, 2.05) is 48.4 Å². The first kappa shape index (κ1) is 18.7. The van der Waals surface area contributed by atoms with Crippen molar-refractivity contribution >= 4 is 23.6 Å². The number of piperazine rings is 1. The smallest absolute Gasteiger partial charge is 0.291 e. The minimum atomic E-state index is -0.572. The van der Waals surface area contributed by atoms with Crippen molar-refractivity contribution in [3.05, 3.63) is 53.9 Å². The Bertz CT molecular complexity index is 837. The monoisotopic (exact) mass is 370 g/mol. The molecule has 2 amide bonds. The zero-order chi connectivity index (χ0) is 19.2. The largest absolute Gasteiger partial charge is 0.367 e. The number of nitrogens with one attached hydrogen (secondary N) is 2. The molecule has 8 nitrogen and oxygen atoms in total. The first-order valence-corrected chi connectivity index (χ1v) is 8.86. The molecule has 27 heavy (non-hydrogen) atoms. The predicted octanol–water partition coefficient (Wildman–Crippen LogP) is 0.478. The van der Waals surface area contributed by atoms with Crippen LogP contribution in [0.4, 0.5) is 5.69 Å². The van der Waals surface area contributed by atoms with Crippen LogP contribution >= 0.6 is 0 Å². The number of benzene rings is 1. The highest BCUT2D eigenvalue weighted by molar-refractivity contribution is 5.91. The Balaban J connectivity index is 1.61. The summed E-state index contributed by atoms with van der Waals surface area (Å²) in [6, 6.07) is 9.69. The predicted molar refractivity (Wildman–Crippen MR) is 99.9 cm³/mol. The molecule has 2 heterocycles. The molecule has 1 aromatic carbocycles. The van der Waals surface area contributed by atoms with E-state index in [9.17, 15) is 9.59 Å². The summed E-state index contributed by atoms with van der Waals surface area (Å²) in [4.78, 5) is 27.8. The van der Waals surface area contributed by atoms with E-state index in [2.05, 4.69) is 10.00 Å². The number of amides is 2. The molecule has 0 atom stereocenters. The first-order chi connectivity index (χ1) is 13.1. The molecule has 0 aliphatic carbocycles. The average molecular weight is 370 g/mol. The Hall–Kier alpha value is -3.13. The van der Waals surface area contributed by atoms with Gasteiger partial charge in [0.2, 0.25) is 6.54 Å². The van der Waals surface area contributed by atoms with E-state index in [4.69, 9.17) is 5.21 Å². The van der Waals surface area contributed by atoms with Gasteiger partial charge in [0.15, 0.2) is 6.20 Å². The van der Waals surface area contributed by atoms with Gasteiger partial charge in [-0.1, -0.05) is 18.2 Å². The summed E-state index contributed by atoms with van der Waals surface area (Å²) in [6.07, 6.45) is 4.82. The molecule has 0 bridgehead atoms. The molecule has 3 rings (SSSR count). The lowest BCUT2D eigenvalue weighted by Crippen LogP contribution is -2.53. The lowest BCUT2D eigenvalue weighted by atomic mass is 10.1. The summed E-state index contributed by atoms with van der Waals surface area (Å²) in [5, 5.41) is 11.7. The molecule has 1 aliphatic heterocycles. The van der Waals surface area contributed by atoms with Crippen LogP contribution in [0.5, 0.6) is 0 Å². The van der Waals surface area contributed by atoms with Gasteiger partial charge >= 0.3 is 0 Å². The lowest BCUT2D eigenvalue weighted by Gasteiger charge is -2.36. The van der Waals surface area contributed by atoms with E-state index in [1.54, 1.807) is 16.2 Å². The number of anilines is 1. The maximum atomic E-state index is 12.5. The standard InChI is InChI=1S/C19H23N5O3/c1-15-8-9-24(20-15)14-19(26)23-12-10-22(11-13-23)17-5-3-2-4-16(17)6-7-18(25)21-27/h2-9H,10-14H2,1H3,(H2,21,25,27)/p+1/b7-6+. The van der Waals surface area contributed by atoms with E-state index in [0.717, 1.165) is 30.0 Å². The second-order valence-corrected chi connectivity index (χ2v) is 6.47. The topological polar surface area (TPSA) is 92.6 Å². The molecule has 142 valence electrons. The SMILES string of the molecule is Cc1cc[n+](CC(=O)N2CCN(c3ccccc3/C=C/C(=O)NO)CC2)[nH]1. The minimum absolute atomic E-state index is 0.0919. The number of aryl methyl sites for hydroxylation is 1. The molecule has 1 aromatic heterocycles. The fourth-order valence-corrected chi connectivity index (χ4v) is 3.16. The Kier molecular flexibility index (Phi) is 5.87. The third-order valence-corrected chi connectivity index (χ3v) is 4.56. The number of hydroxylamine groups is 1. The number of aromatic amines is 1. The number of carbonyl (C=O) groups excluding carboxylic acids is 2. The minimum Gasteiger partial charge on any atom is -0.367 e. The Morgan fingerprint density at radius 3 is 2.63 bits per heavy atom. The summed E-state index contributed by atoms with van der Waals surface area (Å²) in [5.41, 5.74) is 4.49. The van der Waals surface area contributed by atoms with Crippen molar-refractivity contribution in [3.8, 4) is 0 Å². The second kappa shape index (κ2) is 8.50. The van der Waals surface area contributed by atoms with E-state index >= 15 is 0 Å². The maximum Gasteiger partial charge on any atom is 0.291 e. The third kappa shape index (κ3) is 4.73. The van der Waals surface area contributed by atoms with Crippen molar-refractivity contribution in [1.29, 1.82) is 0 Å². The number of aromatic nitrogens is 2. The van der Waals surface area contributed by atoms with Gasteiger partial charge in [0.25, 0.3) is 11.8 Å². The van der Waals surface area contributed by atoms with Gasteiger partial charge in [-0.05, 0) is 24.6 Å². The van der Waals surface area contributed by atoms with Crippen LogP contribution in [0.15, 0.2) is 42.6 Å². The van der Waals surface area contributed by atoms with E-state index in [0.29, 0.717) is 19.6 Å². The van der Waals surface area contributed by atoms with Crippen molar-refractivity contribution in [2.24, 2.45) is 0 Å². The summed E-state index contributed by atoms with van der Waals surface area (Å²) in [5.74, 6) is -0.480. The molecular weight excluding hydrogens is 346 g/mol. The lowest BCUT2D eigenvalue weighted by molar-refractivity contribution is -0.739. The molecule has 2 aromatic rings. The Morgan fingerprint density at radius 1 is 1.22 bits per heavy atom. The molecule has 0 saturated carbocycles. The molecule has 8 heteroatoms. The molecular formula is C19H24N5O3+. The number of hydrogen-bond acceptors (Lipinski definition) is 4. The van der Waals surface area contributed by atoms with Crippen molar-refractivity contribution < 1.29 is 19.5 Å². The molecule has 0 unspecified atom stereocenters. The van der Waals surface area contributed by atoms with Crippen molar-refractivity contribution in [2.75, 3.05) is 31.1 Å². The molecule has 1 fully saturated rings. The van der Waals surface area contributed by atoms with Crippen molar-refractivity contribution in [3.63, 3.8) is 0 Å². The number of para-hydroxylation sites is 1. The normalized spacial score (nSPS) is 14.6. The zero-order valence-electron chi connectivity index (χ0n) is 15.3. The third-order valence-electron chi connectivity index (χ3n) is 4.56. The van der Waals surface area contributed by atoms with Crippen LogP contribution in [-0.4, -0.2) is 53.2 Å².